The lowest BCUT2D eigenvalue weighted by molar-refractivity contribution is 0.0962. The molecule has 5 aromatic rings. The highest BCUT2D eigenvalue weighted by atomic mass is 19.1. The number of amides is 2. The van der Waals surface area contributed by atoms with Gasteiger partial charge in [-0.15, -0.1) is 0 Å². The van der Waals surface area contributed by atoms with Gasteiger partial charge in [0, 0.05) is 29.6 Å². The highest BCUT2D eigenvalue weighted by Crippen LogP contribution is 2.38. The first kappa shape index (κ1) is 24.5. The third-order valence-corrected chi connectivity index (χ3v) is 7.02. The van der Waals surface area contributed by atoms with Gasteiger partial charge in [-0.1, -0.05) is 12.1 Å². The number of fused-ring (bicyclic) bond motifs is 1. The summed E-state index contributed by atoms with van der Waals surface area (Å²) in [5.41, 5.74) is 5.49. The van der Waals surface area contributed by atoms with Crippen molar-refractivity contribution in [3.63, 3.8) is 0 Å². The molecule has 6 rings (SSSR count). The van der Waals surface area contributed by atoms with E-state index in [-0.39, 0.29) is 23.7 Å². The number of nitrogens with one attached hydrogen (secondary N) is 1. The van der Waals surface area contributed by atoms with Gasteiger partial charge >= 0.3 is 0 Å². The third kappa shape index (κ3) is 4.54. The summed E-state index contributed by atoms with van der Waals surface area (Å²) < 4.78 is 19.6. The number of carbonyl (C=O) groups excluding carboxylic acids is 2. The van der Waals surface area contributed by atoms with Crippen LogP contribution >= 0.6 is 0 Å². The molecule has 2 heterocycles. The summed E-state index contributed by atoms with van der Waals surface area (Å²) in [6.07, 6.45) is 5.09. The molecule has 1 fully saturated rings. The molecule has 39 heavy (non-hydrogen) atoms. The first-order valence-electron chi connectivity index (χ1n) is 12.7. The summed E-state index contributed by atoms with van der Waals surface area (Å²) in [4.78, 5) is 28.5. The molecular weight excluding hydrogens is 495 g/mol. The van der Waals surface area contributed by atoms with Crippen molar-refractivity contribution in [3.05, 3.63) is 102 Å². The normalized spacial score (nSPS) is 12.9. The maximum Gasteiger partial charge on any atom is 0.258 e. The van der Waals surface area contributed by atoms with Crippen LogP contribution in [0.25, 0.3) is 33.4 Å². The Balaban J connectivity index is 1.44. The molecule has 1 aliphatic carbocycles. The molecule has 0 spiro atoms. The lowest BCUT2D eigenvalue weighted by atomic mass is 9.95. The Kier molecular flexibility index (Phi) is 6.15. The predicted octanol–water partition coefficient (Wildman–Crippen LogP) is 6.17. The lowest BCUT2D eigenvalue weighted by Gasteiger charge is -2.22. The van der Waals surface area contributed by atoms with E-state index in [4.69, 9.17) is 4.42 Å². The topological polar surface area (TPSA) is 88.3 Å². The first-order chi connectivity index (χ1) is 18.9. The SMILES string of the molecule is CNC(=O)c1c(-c2ccc(F)cc2)oc2ccc(-c3cc(C(=O)N(c4ccnnc4)C4CC4)ccc3C)cc12. The summed E-state index contributed by atoms with van der Waals surface area (Å²) in [6.45, 7) is 1.98. The second kappa shape index (κ2) is 9.79. The van der Waals surface area contributed by atoms with Crippen molar-refractivity contribution in [2.45, 2.75) is 25.8 Å². The van der Waals surface area contributed by atoms with Crippen LogP contribution in [0.4, 0.5) is 10.1 Å². The maximum atomic E-state index is 13.7. The summed E-state index contributed by atoms with van der Waals surface area (Å²) in [7, 11) is 1.56. The van der Waals surface area contributed by atoms with Crippen LogP contribution in [0.2, 0.25) is 0 Å². The minimum Gasteiger partial charge on any atom is -0.455 e. The van der Waals surface area contributed by atoms with Gasteiger partial charge in [-0.2, -0.15) is 10.2 Å². The second-order valence-electron chi connectivity index (χ2n) is 9.64. The molecule has 7 nitrogen and oxygen atoms in total. The molecule has 0 aliphatic heterocycles. The van der Waals surface area contributed by atoms with Gasteiger partial charge in [0.1, 0.15) is 17.2 Å². The van der Waals surface area contributed by atoms with Gasteiger partial charge < -0.3 is 14.6 Å². The van der Waals surface area contributed by atoms with E-state index < -0.39 is 0 Å². The zero-order valence-corrected chi connectivity index (χ0v) is 21.4. The number of anilines is 1. The van der Waals surface area contributed by atoms with Gasteiger partial charge in [-0.3, -0.25) is 9.59 Å². The fourth-order valence-corrected chi connectivity index (χ4v) is 4.88. The van der Waals surface area contributed by atoms with E-state index in [9.17, 15) is 14.0 Å². The number of aryl methyl sites for hydroxylation is 1. The van der Waals surface area contributed by atoms with Crippen LogP contribution in [0.3, 0.4) is 0 Å². The highest BCUT2D eigenvalue weighted by Gasteiger charge is 2.34. The van der Waals surface area contributed by atoms with Crippen molar-refractivity contribution in [1.29, 1.82) is 0 Å². The Labute approximate surface area is 224 Å². The summed E-state index contributed by atoms with van der Waals surface area (Å²) in [5.74, 6) is -0.408. The predicted molar refractivity (Wildman–Crippen MR) is 147 cm³/mol. The quantitative estimate of drug-likeness (QED) is 0.289. The number of aromatic nitrogens is 2. The molecule has 2 amide bonds. The Morgan fingerprint density at radius 2 is 1.74 bits per heavy atom. The fraction of sp³-hybridized carbons (Fsp3) is 0.161. The third-order valence-electron chi connectivity index (χ3n) is 7.02. The Morgan fingerprint density at radius 3 is 2.44 bits per heavy atom. The molecule has 0 bridgehead atoms. The summed E-state index contributed by atoms with van der Waals surface area (Å²) >= 11 is 0. The van der Waals surface area contributed by atoms with Crippen LogP contribution in [-0.4, -0.2) is 35.1 Å². The van der Waals surface area contributed by atoms with Gasteiger partial charge in [0.2, 0.25) is 0 Å². The molecule has 1 aliphatic rings. The van der Waals surface area contributed by atoms with Crippen LogP contribution in [0, 0.1) is 12.7 Å². The Morgan fingerprint density at radius 1 is 0.974 bits per heavy atom. The zero-order valence-electron chi connectivity index (χ0n) is 21.4. The minimum absolute atomic E-state index is 0.0965. The largest absolute Gasteiger partial charge is 0.455 e. The molecule has 194 valence electrons. The minimum atomic E-state index is -0.371. The van der Waals surface area contributed by atoms with E-state index >= 15 is 0 Å². The molecule has 1 N–H and O–H groups in total. The van der Waals surface area contributed by atoms with E-state index in [2.05, 4.69) is 15.5 Å². The number of rotatable bonds is 6. The van der Waals surface area contributed by atoms with Crippen molar-refractivity contribution in [1.82, 2.24) is 15.5 Å². The average Bonchev–Trinajstić information content (AvgIpc) is 3.72. The first-order valence-corrected chi connectivity index (χ1v) is 12.7. The standard InChI is InChI=1S/C31H25FN4O3/c1-18-3-4-21(31(38)36(23-10-11-23)24-13-14-34-35-17-24)16-25(18)20-7-12-27-26(15-20)28(30(37)33-2)29(39-27)19-5-8-22(32)9-6-19/h3-9,12-17,23H,10-11H2,1-2H3,(H,33,37). The van der Waals surface area contributed by atoms with Crippen molar-refractivity contribution in [2.75, 3.05) is 11.9 Å². The van der Waals surface area contributed by atoms with Crippen LogP contribution in [0.15, 0.2) is 83.5 Å². The zero-order chi connectivity index (χ0) is 27.1. The van der Waals surface area contributed by atoms with Crippen molar-refractivity contribution in [2.24, 2.45) is 0 Å². The number of nitrogens with zero attached hydrogens (tertiary/aromatic N) is 3. The molecule has 0 unspecified atom stereocenters. The molecule has 3 aromatic carbocycles. The molecule has 8 heteroatoms. The van der Waals surface area contributed by atoms with Crippen molar-refractivity contribution >= 4 is 28.5 Å². The van der Waals surface area contributed by atoms with Crippen molar-refractivity contribution < 1.29 is 18.4 Å². The van der Waals surface area contributed by atoms with E-state index in [1.165, 1.54) is 12.1 Å². The van der Waals surface area contributed by atoms with E-state index in [0.717, 1.165) is 35.2 Å². The molecular formula is C31H25FN4O3. The van der Waals surface area contributed by atoms with E-state index in [1.54, 1.807) is 42.5 Å². The maximum absolute atomic E-state index is 13.7. The molecule has 0 atom stereocenters. The smallest absolute Gasteiger partial charge is 0.258 e. The number of carbonyl (C=O) groups is 2. The van der Waals surface area contributed by atoms with Crippen LogP contribution < -0.4 is 10.2 Å². The molecule has 1 saturated carbocycles. The lowest BCUT2D eigenvalue weighted by Crippen LogP contribution is -2.33. The number of hydrogen-bond donors (Lipinski definition) is 1. The number of hydrogen-bond acceptors (Lipinski definition) is 5. The van der Waals surface area contributed by atoms with Crippen molar-refractivity contribution in [3.8, 4) is 22.5 Å². The van der Waals surface area contributed by atoms with Crippen LogP contribution in [0.1, 0.15) is 39.1 Å². The summed E-state index contributed by atoms with van der Waals surface area (Å²) in [5, 5.41) is 11.1. The van der Waals surface area contributed by atoms with Gasteiger partial charge in [-0.25, -0.2) is 4.39 Å². The van der Waals surface area contributed by atoms with Gasteiger partial charge in [-0.05, 0) is 91.1 Å². The Bertz CT molecular complexity index is 1710. The number of furan rings is 1. The average molecular weight is 521 g/mol. The molecule has 0 radical (unpaired) electrons. The van der Waals surface area contributed by atoms with Gasteiger partial charge in [0.25, 0.3) is 11.8 Å². The Hall–Kier alpha value is -4.85. The summed E-state index contributed by atoms with van der Waals surface area (Å²) in [6, 6.07) is 19.1. The van der Waals surface area contributed by atoms with Gasteiger partial charge in [0.05, 0.1) is 23.6 Å². The van der Waals surface area contributed by atoms with Gasteiger partial charge in [0.15, 0.2) is 0 Å². The highest BCUT2D eigenvalue weighted by molar-refractivity contribution is 6.12. The monoisotopic (exact) mass is 520 g/mol. The number of benzene rings is 3. The molecule has 2 aromatic heterocycles. The van der Waals surface area contributed by atoms with E-state index in [0.29, 0.717) is 33.4 Å². The molecule has 0 saturated heterocycles. The fourth-order valence-electron chi connectivity index (χ4n) is 4.88. The van der Waals surface area contributed by atoms with Crippen LogP contribution in [0.5, 0.6) is 0 Å². The van der Waals surface area contributed by atoms with E-state index in [1.807, 2.05) is 43.3 Å². The number of halogens is 1. The second-order valence-corrected chi connectivity index (χ2v) is 9.64. The van der Waals surface area contributed by atoms with Crippen LogP contribution in [-0.2, 0) is 0 Å².